The summed E-state index contributed by atoms with van der Waals surface area (Å²) in [5.74, 6) is 0.469. The number of nitrogens with zero attached hydrogens (tertiary/aromatic N) is 3. The van der Waals surface area contributed by atoms with Crippen molar-refractivity contribution in [2.45, 2.75) is 6.92 Å². The van der Waals surface area contributed by atoms with Crippen LogP contribution in [0.5, 0.6) is 0 Å². The van der Waals surface area contributed by atoms with Gasteiger partial charge in [0.15, 0.2) is 0 Å². The molecule has 1 aromatic heterocycles. The van der Waals surface area contributed by atoms with E-state index >= 15 is 0 Å². The molecule has 1 aromatic rings. The van der Waals surface area contributed by atoms with E-state index in [-0.39, 0.29) is 5.91 Å². The Morgan fingerprint density at radius 3 is 2.76 bits per heavy atom. The number of carbonyl (C=O) groups excluding carboxylic acids is 1. The number of rotatable bonds is 2. The molecule has 1 saturated heterocycles. The van der Waals surface area contributed by atoms with Crippen molar-refractivity contribution in [1.29, 1.82) is 0 Å². The van der Waals surface area contributed by atoms with Gasteiger partial charge in [-0.05, 0) is 13.0 Å². The van der Waals surface area contributed by atoms with Crippen LogP contribution in [0.1, 0.15) is 16.2 Å². The first kappa shape index (κ1) is 11.8. The van der Waals surface area contributed by atoms with Crippen LogP contribution in [-0.2, 0) is 0 Å². The third kappa shape index (κ3) is 2.71. The standard InChI is InChI=1S/C11H17N5O/c1-8-7-9(10(17)12-2)15-11(14-8)16-5-3-13-4-6-16/h7,13H,3-6H2,1-2H3,(H,12,17). The zero-order chi connectivity index (χ0) is 12.3. The van der Waals surface area contributed by atoms with E-state index in [1.165, 1.54) is 0 Å². The van der Waals surface area contributed by atoms with Crippen molar-refractivity contribution >= 4 is 11.9 Å². The number of nitrogens with one attached hydrogen (secondary N) is 2. The molecule has 1 aliphatic rings. The maximum absolute atomic E-state index is 11.6. The van der Waals surface area contributed by atoms with Gasteiger partial charge in [-0.3, -0.25) is 4.79 Å². The molecular weight excluding hydrogens is 218 g/mol. The van der Waals surface area contributed by atoms with E-state index in [9.17, 15) is 4.79 Å². The van der Waals surface area contributed by atoms with Crippen molar-refractivity contribution in [2.75, 3.05) is 38.1 Å². The predicted octanol–water partition coefficient (Wildman–Crippen LogP) is -0.446. The zero-order valence-corrected chi connectivity index (χ0v) is 10.2. The SMILES string of the molecule is CNC(=O)c1cc(C)nc(N2CCNCC2)n1. The first-order valence-electron chi connectivity index (χ1n) is 5.74. The number of hydrogen-bond acceptors (Lipinski definition) is 5. The number of anilines is 1. The van der Waals surface area contributed by atoms with Crippen molar-refractivity contribution in [2.24, 2.45) is 0 Å². The van der Waals surface area contributed by atoms with Crippen LogP contribution in [0.25, 0.3) is 0 Å². The normalized spacial score (nSPS) is 15.8. The Labute approximate surface area is 100 Å². The van der Waals surface area contributed by atoms with E-state index in [4.69, 9.17) is 0 Å². The average Bonchev–Trinajstić information content (AvgIpc) is 2.38. The van der Waals surface area contributed by atoms with E-state index in [1.54, 1.807) is 13.1 Å². The molecule has 1 amide bonds. The average molecular weight is 235 g/mol. The first-order valence-corrected chi connectivity index (χ1v) is 5.74. The minimum Gasteiger partial charge on any atom is -0.354 e. The van der Waals surface area contributed by atoms with Gasteiger partial charge < -0.3 is 15.5 Å². The molecular formula is C11H17N5O. The van der Waals surface area contributed by atoms with Crippen molar-refractivity contribution in [1.82, 2.24) is 20.6 Å². The minimum absolute atomic E-state index is 0.174. The summed E-state index contributed by atoms with van der Waals surface area (Å²) < 4.78 is 0. The molecule has 2 heterocycles. The number of aryl methyl sites for hydroxylation is 1. The van der Waals surface area contributed by atoms with Gasteiger partial charge in [0.1, 0.15) is 5.69 Å². The van der Waals surface area contributed by atoms with Crippen molar-refractivity contribution < 1.29 is 4.79 Å². The lowest BCUT2D eigenvalue weighted by atomic mass is 10.3. The second kappa shape index (κ2) is 5.09. The molecule has 0 spiro atoms. The quantitative estimate of drug-likeness (QED) is 0.727. The fourth-order valence-electron chi connectivity index (χ4n) is 1.80. The Morgan fingerprint density at radius 1 is 1.41 bits per heavy atom. The lowest BCUT2D eigenvalue weighted by Crippen LogP contribution is -2.44. The third-order valence-corrected chi connectivity index (χ3v) is 2.70. The molecule has 0 atom stereocenters. The summed E-state index contributed by atoms with van der Waals surface area (Å²) in [6.07, 6.45) is 0. The third-order valence-electron chi connectivity index (χ3n) is 2.70. The fourth-order valence-corrected chi connectivity index (χ4v) is 1.80. The van der Waals surface area contributed by atoms with Gasteiger partial charge in [0.05, 0.1) is 0 Å². The van der Waals surface area contributed by atoms with Gasteiger partial charge in [-0.25, -0.2) is 9.97 Å². The Balaban J connectivity index is 2.27. The summed E-state index contributed by atoms with van der Waals surface area (Å²) in [5, 5.41) is 5.85. The molecule has 0 bridgehead atoms. The van der Waals surface area contributed by atoms with Crippen LogP contribution in [0.15, 0.2) is 6.07 Å². The second-order valence-corrected chi connectivity index (χ2v) is 4.01. The summed E-state index contributed by atoms with van der Waals surface area (Å²) in [5.41, 5.74) is 1.24. The number of amides is 1. The van der Waals surface area contributed by atoms with Crippen LogP contribution < -0.4 is 15.5 Å². The van der Waals surface area contributed by atoms with Gasteiger partial charge in [0.2, 0.25) is 5.95 Å². The van der Waals surface area contributed by atoms with Crippen LogP contribution >= 0.6 is 0 Å². The molecule has 1 aliphatic heterocycles. The largest absolute Gasteiger partial charge is 0.354 e. The maximum Gasteiger partial charge on any atom is 0.269 e. The highest BCUT2D eigenvalue weighted by molar-refractivity contribution is 5.92. The van der Waals surface area contributed by atoms with Gasteiger partial charge in [0.25, 0.3) is 5.91 Å². The maximum atomic E-state index is 11.6. The smallest absolute Gasteiger partial charge is 0.269 e. The lowest BCUT2D eigenvalue weighted by molar-refractivity contribution is 0.0958. The van der Waals surface area contributed by atoms with Gasteiger partial charge in [-0.15, -0.1) is 0 Å². The molecule has 2 rings (SSSR count). The monoisotopic (exact) mass is 235 g/mol. The topological polar surface area (TPSA) is 70.2 Å². The highest BCUT2D eigenvalue weighted by atomic mass is 16.1. The lowest BCUT2D eigenvalue weighted by Gasteiger charge is -2.27. The molecule has 0 unspecified atom stereocenters. The summed E-state index contributed by atoms with van der Waals surface area (Å²) in [6, 6.07) is 1.70. The van der Waals surface area contributed by atoms with Crippen LogP contribution in [-0.4, -0.2) is 49.1 Å². The van der Waals surface area contributed by atoms with Crippen LogP contribution in [0, 0.1) is 6.92 Å². The Hall–Kier alpha value is -1.69. The van der Waals surface area contributed by atoms with Gasteiger partial charge in [-0.1, -0.05) is 0 Å². The number of piperazine rings is 1. The van der Waals surface area contributed by atoms with E-state index in [2.05, 4.69) is 25.5 Å². The highest BCUT2D eigenvalue weighted by Crippen LogP contribution is 2.11. The van der Waals surface area contributed by atoms with Gasteiger partial charge in [0, 0.05) is 38.9 Å². The number of aromatic nitrogens is 2. The molecule has 0 aliphatic carbocycles. The first-order chi connectivity index (χ1) is 8.20. The van der Waals surface area contributed by atoms with E-state index in [0.29, 0.717) is 11.6 Å². The summed E-state index contributed by atoms with van der Waals surface area (Å²) in [7, 11) is 1.60. The molecule has 0 radical (unpaired) electrons. The van der Waals surface area contributed by atoms with Gasteiger partial charge in [-0.2, -0.15) is 0 Å². The zero-order valence-electron chi connectivity index (χ0n) is 10.2. The van der Waals surface area contributed by atoms with Crippen LogP contribution in [0.2, 0.25) is 0 Å². The molecule has 0 aromatic carbocycles. The van der Waals surface area contributed by atoms with Crippen molar-refractivity contribution in [3.63, 3.8) is 0 Å². The molecule has 2 N–H and O–H groups in total. The second-order valence-electron chi connectivity index (χ2n) is 4.01. The molecule has 0 saturated carbocycles. The van der Waals surface area contributed by atoms with Crippen molar-refractivity contribution in [3.05, 3.63) is 17.5 Å². The molecule has 92 valence electrons. The van der Waals surface area contributed by atoms with Crippen LogP contribution in [0.3, 0.4) is 0 Å². The Morgan fingerprint density at radius 2 is 2.12 bits per heavy atom. The molecule has 6 nitrogen and oxygen atoms in total. The minimum atomic E-state index is -0.174. The Kier molecular flexibility index (Phi) is 3.53. The molecule has 1 fully saturated rings. The van der Waals surface area contributed by atoms with Crippen LogP contribution in [0.4, 0.5) is 5.95 Å². The van der Waals surface area contributed by atoms with Crippen molar-refractivity contribution in [3.8, 4) is 0 Å². The van der Waals surface area contributed by atoms with E-state index < -0.39 is 0 Å². The number of carbonyl (C=O) groups is 1. The van der Waals surface area contributed by atoms with E-state index in [0.717, 1.165) is 31.9 Å². The van der Waals surface area contributed by atoms with Gasteiger partial charge >= 0.3 is 0 Å². The Bertz CT molecular complexity index is 414. The summed E-state index contributed by atoms with van der Waals surface area (Å²) in [6.45, 7) is 5.46. The number of hydrogen-bond donors (Lipinski definition) is 2. The fraction of sp³-hybridized carbons (Fsp3) is 0.545. The molecule has 6 heteroatoms. The predicted molar refractivity (Wildman–Crippen MR) is 65.2 cm³/mol. The summed E-state index contributed by atoms with van der Waals surface area (Å²) >= 11 is 0. The summed E-state index contributed by atoms with van der Waals surface area (Å²) in [4.78, 5) is 22.3. The highest BCUT2D eigenvalue weighted by Gasteiger charge is 2.16. The molecule has 17 heavy (non-hydrogen) atoms. The van der Waals surface area contributed by atoms with E-state index in [1.807, 2.05) is 6.92 Å².